The van der Waals surface area contributed by atoms with Crippen LogP contribution in [-0.2, 0) is 10.8 Å². The number of hydrogen-bond acceptors (Lipinski definition) is 2. The first-order valence-electron chi connectivity index (χ1n) is 7.68. The molecule has 0 saturated heterocycles. The SMILES string of the molecule is CC(C)(C)c1cc2c(c(C(C)(C)C)c1)OCCC[C@@H]2N. The normalized spacial score (nSPS) is 20.1. The summed E-state index contributed by atoms with van der Waals surface area (Å²) in [5, 5.41) is 0. The summed E-state index contributed by atoms with van der Waals surface area (Å²) in [6, 6.07) is 4.67. The Bertz CT molecular complexity index is 491. The summed E-state index contributed by atoms with van der Waals surface area (Å²) in [5.41, 5.74) is 10.4. The zero-order chi connectivity index (χ0) is 15.1. The molecule has 2 nitrogen and oxygen atoms in total. The monoisotopic (exact) mass is 275 g/mol. The number of nitrogens with two attached hydrogens (primary N) is 1. The smallest absolute Gasteiger partial charge is 0.127 e. The molecule has 1 aliphatic rings. The van der Waals surface area contributed by atoms with Gasteiger partial charge < -0.3 is 10.5 Å². The van der Waals surface area contributed by atoms with Crippen LogP contribution < -0.4 is 10.5 Å². The molecular weight excluding hydrogens is 246 g/mol. The number of ether oxygens (including phenoxy) is 1. The molecule has 1 aromatic carbocycles. The Labute approximate surface area is 123 Å². The van der Waals surface area contributed by atoms with Gasteiger partial charge in [-0.3, -0.25) is 0 Å². The van der Waals surface area contributed by atoms with E-state index in [1.54, 1.807) is 0 Å². The molecule has 0 radical (unpaired) electrons. The fraction of sp³-hybridized carbons (Fsp3) is 0.667. The first-order valence-corrected chi connectivity index (χ1v) is 7.68. The fourth-order valence-corrected chi connectivity index (χ4v) is 2.71. The van der Waals surface area contributed by atoms with E-state index in [1.807, 2.05) is 0 Å². The standard InChI is InChI=1S/C18H29NO/c1-17(2,3)12-10-13-15(19)8-7-9-20-16(13)14(11-12)18(4,5)6/h10-11,15H,7-9,19H2,1-6H3/t15-/m0/s1. The van der Waals surface area contributed by atoms with E-state index in [-0.39, 0.29) is 16.9 Å². The van der Waals surface area contributed by atoms with E-state index in [0.717, 1.165) is 25.2 Å². The molecule has 1 aromatic rings. The summed E-state index contributed by atoms with van der Waals surface area (Å²) in [5.74, 6) is 1.04. The summed E-state index contributed by atoms with van der Waals surface area (Å²) >= 11 is 0. The van der Waals surface area contributed by atoms with Crippen molar-refractivity contribution in [2.45, 2.75) is 71.3 Å². The second kappa shape index (κ2) is 5.07. The van der Waals surface area contributed by atoms with Crippen molar-refractivity contribution in [1.82, 2.24) is 0 Å². The molecule has 0 amide bonds. The van der Waals surface area contributed by atoms with Crippen LogP contribution in [0.15, 0.2) is 12.1 Å². The topological polar surface area (TPSA) is 35.2 Å². The molecule has 0 unspecified atom stereocenters. The summed E-state index contributed by atoms with van der Waals surface area (Å²) in [6.45, 7) is 14.3. The van der Waals surface area contributed by atoms with Gasteiger partial charge in [-0.05, 0) is 35.3 Å². The van der Waals surface area contributed by atoms with E-state index in [0.29, 0.717) is 0 Å². The summed E-state index contributed by atoms with van der Waals surface area (Å²) < 4.78 is 6.06. The van der Waals surface area contributed by atoms with Crippen molar-refractivity contribution in [3.63, 3.8) is 0 Å². The Morgan fingerprint density at radius 3 is 2.25 bits per heavy atom. The molecule has 1 atom stereocenters. The second-order valence-electron chi connectivity index (χ2n) is 8.04. The van der Waals surface area contributed by atoms with Crippen molar-refractivity contribution in [1.29, 1.82) is 0 Å². The Morgan fingerprint density at radius 2 is 1.70 bits per heavy atom. The quantitative estimate of drug-likeness (QED) is 0.759. The molecule has 0 aromatic heterocycles. The van der Waals surface area contributed by atoms with Crippen molar-refractivity contribution >= 4 is 0 Å². The van der Waals surface area contributed by atoms with E-state index in [4.69, 9.17) is 10.5 Å². The van der Waals surface area contributed by atoms with Gasteiger partial charge in [0.1, 0.15) is 5.75 Å². The van der Waals surface area contributed by atoms with Crippen LogP contribution in [-0.4, -0.2) is 6.61 Å². The van der Waals surface area contributed by atoms with Gasteiger partial charge in [-0.2, -0.15) is 0 Å². The van der Waals surface area contributed by atoms with Gasteiger partial charge in [0.25, 0.3) is 0 Å². The third kappa shape index (κ3) is 3.01. The van der Waals surface area contributed by atoms with Gasteiger partial charge >= 0.3 is 0 Å². The van der Waals surface area contributed by atoms with Crippen LogP contribution in [0.4, 0.5) is 0 Å². The Balaban J connectivity index is 2.69. The molecule has 0 aliphatic carbocycles. The molecule has 2 rings (SSSR count). The van der Waals surface area contributed by atoms with Crippen LogP contribution in [0.3, 0.4) is 0 Å². The van der Waals surface area contributed by atoms with Crippen molar-refractivity contribution in [3.8, 4) is 5.75 Å². The van der Waals surface area contributed by atoms with Gasteiger partial charge in [0.05, 0.1) is 6.61 Å². The first kappa shape index (κ1) is 15.4. The lowest BCUT2D eigenvalue weighted by molar-refractivity contribution is 0.307. The van der Waals surface area contributed by atoms with Crippen molar-refractivity contribution in [2.75, 3.05) is 6.61 Å². The number of hydrogen-bond donors (Lipinski definition) is 1. The van der Waals surface area contributed by atoms with Gasteiger partial charge in [-0.25, -0.2) is 0 Å². The van der Waals surface area contributed by atoms with Crippen molar-refractivity contribution in [3.05, 3.63) is 28.8 Å². The van der Waals surface area contributed by atoms with E-state index in [1.165, 1.54) is 16.7 Å². The van der Waals surface area contributed by atoms with E-state index >= 15 is 0 Å². The highest BCUT2D eigenvalue weighted by Gasteiger charge is 2.28. The molecule has 20 heavy (non-hydrogen) atoms. The Hall–Kier alpha value is -1.02. The van der Waals surface area contributed by atoms with Gasteiger partial charge in [0, 0.05) is 17.2 Å². The van der Waals surface area contributed by atoms with Gasteiger partial charge in [0.2, 0.25) is 0 Å². The highest BCUT2D eigenvalue weighted by molar-refractivity contribution is 5.51. The number of rotatable bonds is 0. The van der Waals surface area contributed by atoms with Crippen LogP contribution in [0, 0.1) is 0 Å². The lowest BCUT2D eigenvalue weighted by Crippen LogP contribution is -2.20. The minimum atomic E-state index is 0.0649. The summed E-state index contributed by atoms with van der Waals surface area (Å²) in [7, 11) is 0. The predicted octanol–water partition coefficient (Wildman–Crippen LogP) is 4.45. The number of benzene rings is 1. The zero-order valence-corrected chi connectivity index (χ0v) is 13.8. The molecular formula is C18H29NO. The van der Waals surface area contributed by atoms with Crippen LogP contribution >= 0.6 is 0 Å². The highest BCUT2D eigenvalue weighted by Crippen LogP contribution is 2.42. The van der Waals surface area contributed by atoms with Gasteiger partial charge in [-0.15, -0.1) is 0 Å². The average molecular weight is 275 g/mol. The van der Waals surface area contributed by atoms with Crippen LogP contribution in [0.5, 0.6) is 5.75 Å². The highest BCUT2D eigenvalue weighted by atomic mass is 16.5. The summed E-state index contributed by atoms with van der Waals surface area (Å²) in [6.07, 6.45) is 2.04. The largest absolute Gasteiger partial charge is 0.493 e. The lowest BCUT2D eigenvalue weighted by Gasteiger charge is -2.29. The van der Waals surface area contributed by atoms with Gasteiger partial charge in [-0.1, -0.05) is 47.6 Å². The van der Waals surface area contributed by atoms with Gasteiger partial charge in [0.15, 0.2) is 0 Å². The Morgan fingerprint density at radius 1 is 1.05 bits per heavy atom. The maximum atomic E-state index is 6.39. The Kier molecular flexibility index (Phi) is 3.90. The zero-order valence-electron chi connectivity index (χ0n) is 13.8. The third-order valence-electron chi connectivity index (χ3n) is 4.10. The lowest BCUT2D eigenvalue weighted by atomic mass is 9.78. The molecule has 112 valence electrons. The van der Waals surface area contributed by atoms with Crippen LogP contribution in [0.2, 0.25) is 0 Å². The third-order valence-corrected chi connectivity index (χ3v) is 4.10. The molecule has 1 aliphatic heterocycles. The van der Waals surface area contributed by atoms with E-state index in [2.05, 4.69) is 53.7 Å². The minimum Gasteiger partial charge on any atom is -0.493 e. The maximum Gasteiger partial charge on any atom is 0.127 e. The number of fused-ring (bicyclic) bond motifs is 1. The fourth-order valence-electron chi connectivity index (χ4n) is 2.71. The van der Waals surface area contributed by atoms with E-state index < -0.39 is 0 Å². The van der Waals surface area contributed by atoms with Crippen LogP contribution in [0.25, 0.3) is 0 Å². The molecule has 1 heterocycles. The molecule has 2 heteroatoms. The second-order valence-corrected chi connectivity index (χ2v) is 8.04. The maximum absolute atomic E-state index is 6.39. The van der Waals surface area contributed by atoms with E-state index in [9.17, 15) is 0 Å². The minimum absolute atomic E-state index is 0.0649. The first-order chi connectivity index (χ1) is 9.10. The van der Waals surface area contributed by atoms with Crippen LogP contribution in [0.1, 0.15) is 77.1 Å². The average Bonchev–Trinajstić information content (AvgIpc) is 2.48. The summed E-state index contributed by atoms with van der Waals surface area (Å²) in [4.78, 5) is 0. The molecule has 0 saturated carbocycles. The molecule has 0 spiro atoms. The predicted molar refractivity (Wildman–Crippen MR) is 85.5 cm³/mol. The van der Waals surface area contributed by atoms with Crippen molar-refractivity contribution < 1.29 is 4.74 Å². The molecule has 2 N–H and O–H groups in total. The molecule has 0 bridgehead atoms. The molecule has 0 fully saturated rings. The van der Waals surface area contributed by atoms with Crippen molar-refractivity contribution in [2.24, 2.45) is 5.73 Å².